The Morgan fingerprint density at radius 1 is 1.11 bits per heavy atom. The molecule has 3 nitrogen and oxygen atoms in total. The van der Waals surface area contributed by atoms with Crippen LogP contribution in [0.15, 0.2) is 24.3 Å². The average Bonchev–Trinajstić information content (AvgIpc) is 2.48. The van der Waals surface area contributed by atoms with Crippen molar-refractivity contribution in [3.8, 4) is 0 Å². The van der Waals surface area contributed by atoms with Crippen molar-refractivity contribution in [3.63, 3.8) is 0 Å². The Morgan fingerprint density at radius 2 is 1.74 bits per heavy atom. The smallest absolute Gasteiger partial charge is 0.173 e. The highest BCUT2D eigenvalue weighted by Gasteiger charge is 2.17. The second-order valence-electron chi connectivity index (χ2n) is 4.90. The van der Waals surface area contributed by atoms with Crippen molar-refractivity contribution in [2.24, 2.45) is 0 Å². The Kier molecular flexibility index (Phi) is 5.16. The van der Waals surface area contributed by atoms with Gasteiger partial charge in [-0.05, 0) is 42.9 Å². The Balaban J connectivity index is 1.86. The number of hydrogen-bond acceptors (Lipinski definition) is 2. The van der Waals surface area contributed by atoms with Crippen LogP contribution in [0.5, 0.6) is 0 Å². The Labute approximate surface area is 121 Å². The maximum atomic E-state index is 5.49. The quantitative estimate of drug-likeness (QED) is 0.856. The molecule has 1 N–H and O–H groups in total. The summed E-state index contributed by atoms with van der Waals surface area (Å²) in [5.41, 5.74) is 2.44. The van der Waals surface area contributed by atoms with Gasteiger partial charge in [-0.25, -0.2) is 0 Å². The first-order valence-electron chi connectivity index (χ1n) is 7.10. The topological polar surface area (TPSA) is 18.5 Å². The van der Waals surface area contributed by atoms with E-state index in [1.807, 2.05) is 0 Å². The minimum Gasteiger partial charge on any atom is -0.346 e. The zero-order chi connectivity index (χ0) is 13.7. The van der Waals surface area contributed by atoms with Crippen LogP contribution in [0.4, 0.5) is 5.69 Å². The molecule has 4 heteroatoms. The third-order valence-electron chi connectivity index (χ3n) is 3.72. The first-order chi connectivity index (χ1) is 9.22. The molecule has 0 saturated carbocycles. The molecular weight excluding hydrogens is 254 g/mol. The van der Waals surface area contributed by atoms with E-state index in [2.05, 4.69) is 53.2 Å². The molecule has 1 aliphatic heterocycles. The molecule has 0 aromatic heterocycles. The minimum absolute atomic E-state index is 0.847. The van der Waals surface area contributed by atoms with Crippen LogP contribution in [-0.4, -0.2) is 47.6 Å². The van der Waals surface area contributed by atoms with Gasteiger partial charge in [0, 0.05) is 31.9 Å². The molecule has 2 rings (SSSR count). The molecule has 1 aliphatic rings. The lowest BCUT2D eigenvalue weighted by Gasteiger charge is -2.35. The van der Waals surface area contributed by atoms with Crippen LogP contribution in [0.3, 0.4) is 0 Å². The summed E-state index contributed by atoms with van der Waals surface area (Å²) in [7, 11) is 0. The molecule has 0 unspecified atom stereocenters. The van der Waals surface area contributed by atoms with Crippen LogP contribution in [0.1, 0.15) is 19.4 Å². The molecule has 0 atom stereocenters. The van der Waals surface area contributed by atoms with Gasteiger partial charge in [0.05, 0.1) is 0 Å². The van der Waals surface area contributed by atoms with Crippen molar-refractivity contribution in [3.05, 3.63) is 29.8 Å². The van der Waals surface area contributed by atoms with Crippen LogP contribution < -0.4 is 5.32 Å². The largest absolute Gasteiger partial charge is 0.346 e. The first kappa shape index (κ1) is 14.3. The lowest BCUT2D eigenvalue weighted by molar-refractivity contribution is 0.191. The number of thiocarbonyl (C=S) groups is 1. The molecule has 1 saturated heterocycles. The number of benzene rings is 1. The molecule has 0 amide bonds. The van der Waals surface area contributed by atoms with Gasteiger partial charge >= 0.3 is 0 Å². The summed E-state index contributed by atoms with van der Waals surface area (Å²) in [6.45, 7) is 9.76. The van der Waals surface area contributed by atoms with Gasteiger partial charge in [-0.15, -0.1) is 0 Å². The molecule has 0 bridgehead atoms. The summed E-state index contributed by atoms with van der Waals surface area (Å²) in [5.74, 6) is 0. The van der Waals surface area contributed by atoms with Crippen molar-refractivity contribution in [2.75, 3.05) is 38.0 Å². The Hall–Kier alpha value is -1.13. The molecule has 1 aromatic rings. The van der Waals surface area contributed by atoms with E-state index in [4.69, 9.17) is 12.2 Å². The molecule has 1 fully saturated rings. The van der Waals surface area contributed by atoms with Crippen molar-refractivity contribution >= 4 is 23.0 Å². The third-order valence-corrected chi connectivity index (χ3v) is 4.08. The van der Waals surface area contributed by atoms with E-state index in [-0.39, 0.29) is 0 Å². The Morgan fingerprint density at radius 3 is 2.26 bits per heavy atom. The van der Waals surface area contributed by atoms with Gasteiger partial charge in [0.1, 0.15) is 0 Å². The lowest BCUT2D eigenvalue weighted by atomic mass is 10.1. The van der Waals surface area contributed by atoms with Crippen molar-refractivity contribution in [2.45, 2.75) is 20.3 Å². The van der Waals surface area contributed by atoms with E-state index in [1.54, 1.807) is 0 Å². The van der Waals surface area contributed by atoms with Gasteiger partial charge < -0.3 is 15.1 Å². The van der Waals surface area contributed by atoms with Crippen LogP contribution in [0, 0.1) is 0 Å². The van der Waals surface area contributed by atoms with Crippen molar-refractivity contribution in [1.29, 1.82) is 0 Å². The first-order valence-corrected chi connectivity index (χ1v) is 7.51. The number of hydrogen-bond donors (Lipinski definition) is 1. The summed E-state index contributed by atoms with van der Waals surface area (Å²) in [6.07, 6.45) is 1.07. The van der Waals surface area contributed by atoms with E-state index in [9.17, 15) is 0 Å². The van der Waals surface area contributed by atoms with Gasteiger partial charge in [-0.3, -0.25) is 0 Å². The van der Waals surface area contributed by atoms with Crippen LogP contribution in [0.25, 0.3) is 0 Å². The maximum absolute atomic E-state index is 5.49. The zero-order valence-corrected chi connectivity index (χ0v) is 12.7. The second-order valence-corrected chi connectivity index (χ2v) is 5.29. The van der Waals surface area contributed by atoms with Crippen molar-refractivity contribution < 1.29 is 0 Å². The predicted molar refractivity (Wildman–Crippen MR) is 85.7 cm³/mol. The van der Waals surface area contributed by atoms with E-state index in [0.29, 0.717) is 0 Å². The van der Waals surface area contributed by atoms with E-state index >= 15 is 0 Å². The van der Waals surface area contributed by atoms with E-state index in [1.165, 1.54) is 5.56 Å². The summed E-state index contributed by atoms with van der Waals surface area (Å²) >= 11 is 5.49. The number of aryl methyl sites for hydroxylation is 1. The van der Waals surface area contributed by atoms with Crippen LogP contribution in [-0.2, 0) is 6.42 Å². The van der Waals surface area contributed by atoms with Crippen molar-refractivity contribution in [1.82, 2.24) is 9.80 Å². The van der Waals surface area contributed by atoms with Gasteiger partial charge in [0.15, 0.2) is 5.11 Å². The third kappa shape index (κ3) is 3.91. The van der Waals surface area contributed by atoms with Crippen LogP contribution in [0.2, 0.25) is 0 Å². The number of nitrogens with one attached hydrogen (secondary N) is 1. The Bertz CT molecular complexity index is 408. The summed E-state index contributed by atoms with van der Waals surface area (Å²) in [4.78, 5) is 4.71. The molecule has 19 heavy (non-hydrogen) atoms. The SMILES string of the molecule is CCc1ccc(NC(=S)N2CCN(CC)CC2)cc1. The molecule has 104 valence electrons. The average molecular weight is 277 g/mol. The standard InChI is InChI=1S/C15H23N3S/c1-3-13-5-7-14(8-6-13)16-15(19)18-11-9-17(4-2)10-12-18/h5-8H,3-4,9-12H2,1-2H3,(H,16,19). The van der Waals surface area contributed by atoms with Gasteiger partial charge in [-0.1, -0.05) is 26.0 Å². The molecular formula is C15H23N3S. The highest BCUT2D eigenvalue weighted by atomic mass is 32.1. The lowest BCUT2D eigenvalue weighted by Crippen LogP contribution is -2.49. The fourth-order valence-electron chi connectivity index (χ4n) is 2.29. The fraction of sp³-hybridized carbons (Fsp3) is 0.533. The molecule has 1 aromatic carbocycles. The molecule has 1 heterocycles. The highest BCUT2D eigenvalue weighted by Crippen LogP contribution is 2.12. The second kappa shape index (κ2) is 6.87. The number of piperazine rings is 1. The summed E-state index contributed by atoms with van der Waals surface area (Å²) in [6, 6.07) is 8.51. The molecule has 0 radical (unpaired) electrons. The monoisotopic (exact) mass is 277 g/mol. The van der Waals surface area contributed by atoms with Gasteiger partial charge in [0.25, 0.3) is 0 Å². The zero-order valence-electron chi connectivity index (χ0n) is 11.9. The number of nitrogens with zero attached hydrogens (tertiary/aromatic N) is 2. The molecule has 0 spiro atoms. The maximum Gasteiger partial charge on any atom is 0.173 e. The van der Waals surface area contributed by atoms with E-state index < -0.39 is 0 Å². The fourth-order valence-corrected chi connectivity index (χ4v) is 2.59. The van der Waals surface area contributed by atoms with E-state index in [0.717, 1.165) is 49.9 Å². The normalized spacial score (nSPS) is 16.4. The predicted octanol–water partition coefficient (Wildman–Crippen LogP) is 2.58. The number of likely N-dealkylation sites (N-methyl/N-ethyl adjacent to an activating group) is 1. The van der Waals surface area contributed by atoms with Crippen LogP contribution >= 0.6 is 12.2 Å². The van der Waals surface area contributed by atoms with Gasteiger partial charge in [0.2, 0.25) is 0 Å². The van der Waals surface area contributed by atoms with Gasteiger partial charge in [-0.2, -0.15) is 0 Å². The molecule has 0 aliphatic carbocycles. The number of anilines is 1. The number of rotatable bonds is 3. The highest BCUT2D eigenvalue weighted by molar-refractivity contribution is 7.80. The summed E-state index contributed by atoms with van der Waals surface area (Å²) in [5, 5.41) is 4.18. The summed E-state index contributed by atoms with van der Waals surface area (Å²) < 4.78 is 0. The minimum atomic E-state index is 0.847.